The number of hydrogen-bond donors (Lipinski definition) is 1. The van der Waals surface area contributed by atoms with Crippen molar-refractivity contribution in [1.82, 2.24) is 0 Å². The molecule has 0 fully saturated rings. The zero-order valence-corrected chi connectivity index (χ0v) is 23.7. The van der Waals surface area contributed by atoms with E-state index in [0.717, 1.165) is 0 Å². The molecule has 2 nitrogen and oxygen atoms in total. The van der Waals surface area contributed by atoms with Crippen molar-refractivity contribution in [3.8, 4) is 0 Å². The molecule has 0 saturated carbocycles. The first-order chi connectivity index (χ1) is 15.5. The molecule has 0 saturated heterocycles. The van der Waals surface area contributed by atoms with Gasteiger partial charge in [-0.2, -0.15) is 0 Å². The molecule has 0 heterocycles. The molecule has 3 heteroatoms. The van der Waals surface area contributed by atoms with Gasteiger partial charge in [-0.05, 0) is 32.1 Å². The van der Waals surface area contributed by atoms with E-state index < -0.39 is 0 Å². The van der Waals surface area contributed by atoms with Crippen LogP contribution < -0.4 is 0 Å². The normalized spacial score (nSPS) is 11.4. The lowest BCUT2D eigenvalue weighted by molar-refractivity contribution is -0.890. The minimum Gasteiger partial charge on any atom is -0.396 e. The Kier molecular flexibility index (Phi) is 31.4. The fourth-order valence-electron chi connectivity index (χ4n) is 4.23. The Morgan fingerprint density at radius 2 is 0.750 bits per heavy atom. The van der Waals surface area contributed by atoms with Crippen LogP contribution in [0.25, 0.3) is 0 Å². The Labute approximate surface area is 209 Å². The van der Waals surface area contributed by atoms with E-state index >= 15 is 0 Å². The van der Waals surface area contributed by atoms with Crippen molar-refractivity contribution in [1.29, 1.82) is 0 Å². The van der Waals surface area contributed by atoms with E-state index in [4.69, 9.17) is 16.7 Å². The molecule has 0 aliphatic carbocycles. The first-order valence-electron chi connectivity index (χ1n) is 14.5. The molecule has 0 aliphatic heterocycles. The second-order valence-corrected chi connectivity index (χ2v) is 10.9. The Morgan fingerprint density at radius 1 is 0.469 bits per heavy atom. The van der Waals surface area contributed by atoms with Crippen LogP contribution in [0.3, 0.4) is 0 Å². The zero-order chi connectivity index (χ0) is 24.2. The van der Waals surface area contributed by atoms with Crippen LogP contribution in [0, 0.1) is 0 Å². The lowest BCUT2D eigenvalue weighted by Gasteiger charge is -2.30. The molecule has 0 atom stereocenters. The lowest BCUT2D eigenvalue weighted by atomic mass is 10.1. The Bertz CT molecular complexity index is 294. The second kappa shape index (κ2) is 29.2. The molecular weight excluding hydrogens is 414 g/mol. The molecule has 0 aliphatic rings. The summed E-state index contributed by atoms with van der Waals surface area (Å²) in [5, 5.41) is 7.98. The molecule has 0 aromatic heterocycles. The number of aliphatic hydroxyl groups excluding tert-OH is 1. The van der Waals surface area contributed by atoms with E-state index in [0.29, 0.717) is 12.3 Å². The minimum atomic E-state index is 0.212. The van der Waals surface area contributed by atoms with Gasteiger partial charge in [0.15, 0.2) is 0 Å². The highest BCUT2D eigenvalue weighted by Crippen LogP contribution is 2.14. The van der Waals surface area contributed by atoms with Crippen molar-refractivity contribution in [2.45, 2.75) is 149 Å². The van der Waals surface area contributed by atoms with Crippen molar-refractivity contribution >= 4 is 11.6 Å². The third-order valence-corrected chi connectivity index (χ3v) is 6.79. The van der Waals surface area contributed by atoms with Gasteiger partial charge in [0.1, 0.15) is 0 Å². The van der Waals surface area contributed by atoms with Gasteiger partial charge >= 0.3 is 0 Å². The monoisotopic (exact) mass is 476 g/mol. The van der Waals surface area contributed by atoms with E-state index in [1.807, 2.05) is 0 Å². The largest absolute Gasteiger partial charge is 0.396 e. The lowest BCUT2D eigenvalue weighted by Crippen LogP contribution is -2.41. The molecule has 0 bridgehead atoms. The van der Waals surface area contributed by atoms with E-state index in [-0.39, 0.29) is 6.61 Å². The Balaban J connectivity index is 0. The maximum Gasteiger partial charge on any atom is 0.0782 e. The quantitative estimate of drug-likeness (QED) is 0.0834. The number of rotatable bonds is 24. The predicted octanol–water partition coefficient (Wildman–Crippen LogP) is 9.51. The van der Waals surface area contributed by atoms with Crippen LogP contribution in [-0.4, -0.2) is 49.3 Å². The van der Waals surface area contributed by atoms with Gasteiger partial charge in [0.2, 0.25) is 0 Å². The fraction of sp³-hybridized carbons (Fsp3) is 1.00. The van der Waals surface area contributed by atoms with Gasteiger partial charge in [0, 0.05) is 12.5 Å². The number of quaternary nitrogens is 1. The number of alkyl halides is 1. The fourth-order valence-corrected chi connectivity index (χ4v) is 4.35. The van der Waals surface area contributed by atoms with E-state index in [9.17, 15) is 0 Å². The summed E-state index contributed by atoms with van der Waals surface area (Å²) in [6.45, 7) is 7.58. The third kappa shape index (κ3) is 32.4. The molecule has 196 valence electrons. The van der Waals surface area contributed by atoms with Crippen molar-refractivity contribution in [2.75, 3.05) is 39.7 Å². The number of nitrogens with zero attached hydrogens (tertiary/aromatic N) is 1. The van der Waals surface area contributed by atoms with Crippen LogP contribution in [0.5, 0.6) is 0 Å². The molecular formula is C29H63ClNO+. The zero-order valence-electron chi connectivity index (χ0n) is 23.0. The maximum atomic E-state index is 7.98. The molecule has 32 heavy (non-hydrogen) atoms. The second-order valence-electron chi connectivity index (χ2n) is 10.5. The van der Waals surface area contributed by atoms with Gasteiger partial charge in [0.25, 0.3) is 0 Å². The van der Waals surface area contributed by atoms with Gasteiger partial charge in [-0.1, -0.05) is 117 Å². The van der Waals surface area contributed by atoms with E-state index in [2.05, 4.69) is 27.9 Å². The topological polar surface area (TPSA) is 20.2 Å². The van der Waals surface area contributed by atoms with Gasteiger partial charge in [-0.15, -0.1) is 11.6 Å². The van der Waals surface area contributed by atoms with Gasteiger partial charge in [-0.25, -0.2) is 0 Å². The average molecular weight is 477 g/mol. The summed E-state index contributed by atoms with van der Waals surface area (Å²) >= 11 is 5.14. The summed E-state index contributed by atoms with van der Waals surface area (Å²) in [6, 6.07) is 0. The minimum absolute atomic E-state index is 0.212. The maximum absolute atomic E-state index is 7.98. The molecule has 0 amide bonds. The van der Waals surface area contributed by atoms with Crippen LogP contribution in [0.15, 0.2) is 0 Å². The standard InChI is InChI=1S/C26H56N.C3H7ClO/c1-5-7-9-11-13-15-17-19-21-23-25-27(3,4)26-24-22-20-18-16-14-12-10-8-6-2;4-2-1-3-5/h5-26H2,1-4H3;5H,1-3H2/q+1;. The van der Waals surface area contributed by atoms with Crippen molar-refractivity contribution in [3.63, 3.8) is 0 Å². The summed E-state index contributed by atoms with van der Waals surface area (Å²) in [5.41, 5.74) is 0. The number of halogens is 1. The first kappa shape index (κ1) is 34.4. The molecule has 0 spiro atoms. The molecule has 0 radical (unpaired) electrons. The van der Waals surface area contributed by atoms with Crippen LogP contribution in [0.4, 0.5) is 0 Å². The van der Waals surface area contributed by atoms with Crippen LogP contribution in [-0.2, 0) is 0 Å². The summed E-state index contributed by atoms with van der Waals surface area (Å²) in [6.07, 6.45) is 29.7. The Hall–Kier alpha value is 0.210. The Morgan fingerprint density at radius 3 is 0.969 bits per heavy atom. The van der Waals surface area contributed by atoms with Crippen LogP contribution in [0.1, 0.15) is 149 Å². The number of aliphatic hydroxyl groups is 1. The molecule has 0 rings (SSSR count). The molecule has 0 aromatic rings. The third-order valence-electron chi connectivity index (χ3n) is 6.53. The number of unbranched alkanes of at least 4 members (excludes halogenated alkanes) is 18. The first-order valence-corrected chi connectivity index (χ1v) is 15.1. The van der Waals surface area contributed by atoms with Crippen LogP contribution in [0.2, 0.25) is 0 Å². The molecule has 0 aromatic carbocycles. The van der Waals surface area contributed by atoms with E-state index in [1.165, 1.54) is 146 Å². The van der Waals surface area contributed by atoms with Crippen molar-refractivity contribution in [2.24, 2.45) is 0 Å². The summed E-state index contributed by atoms with van der Waals surface area (Å²) in [7, 11) is 4.89. The highest BCUT2D eigenvalue weighted by Gasteiger charge is 2.13. The smallest absolute Gasteiger partial charge is 0.0782 e. The average Bonchev–Trinajstić information content (AvgIpc) is 2.77. The van der Waals surface area contributed by atoms with Gasteiger partial charge in [-0.3, -0.25) is 0 Å². The molecule has 1 N–H and O–H groups in total. The predicted molar refractivity (Wildman–Crippen MR) is 148 cm³/mol. The van der Waals surface area contributed by atoms with Crippen molar-refractivity contribution < 1.29 is 9.59 Å². The molecule has 0 unspecified atom stereocenters. The van der Waals surface area contributed by atoms with E-state index in [1.54, 1.807) is 0 Å². The highest BCUT2D eigenvalue weighted by molar-refractivity contribution is 6.17. The SMILES string of the molecule is CCCCCCCCCCCC[N+](C)(C)CCCCCCCCCCCC.OCCCCl. The highest BCUT2D eigenvalue weighted by atomic mass is 35.5. The van der Waals surface area contributed by atoms with Gasteiger partial charge < -0.3 is 9.59 Å². The summed E-state index contributed by atoms with van der Waals surface area (Å²) in [5.74, 6) is 0.566. The van der Waals surface area contributed by atoms with Gasteiger partial charge in [0.05, 0.1) is 27.2 Å². The summed E-state index contributed by atoms with van der Waals surface area (Å²) in [4.78, 5) is 0. The van der Waals surface area contributed by atoms with Crippen LogP contribution >= 0.6 is 11.6 Å². The number of hydrogen-bond acceptors (Lipinski definition) is 1. The van der Waals surface area contributed by atoms with Crippen molar-refractivity contribution in [3.05, 3.63) is 0 Å². The summed E-state index contributed by atoms with van der Waals surface area (Å²) < 4.78 is 1.24.